The van der Waals surface area contributed by atoms with E-state index in [-0.39, 0.29) is 12.4 Å². The zero-order valence-electron chi connectivity index (χ0n) is 10.8. The van der Waals surface area contributed by atoms with E-state index in [4.69, 9.17) is 10.2 Å². The average molecular weight is 293 g/mol. The Morgan fingerprint density at radius 2 is 2.00 bits per heavy atom. The number of aliphatic hydroxyl groups excluding tert-OH is 1. The van der Waals surface area contributed by atoms with E-state index in [9.17, 15) is 4.79 Å². The van der Waals surface area contributed by atoms with Crippen molar-refractivity contribution in [2.24, 2.45) is 0 Å². The van der Waals surface area contributed by atoms with Gasteiger partial charge in [0.1, 0.15) is 5.82 Å². The summed E-state index contributed by atoms with van der Waals surface area (Å²) in [6.45, 7) is 0.0826. The van der Waals surface area contributed by atoms with Crippen LogP contribution in [0.2, 0.25) is 0 Å². The first-order chi connectivity index (χ1) is 9.72. The zero-order chi connectivity index (χ0) is 14.4. The number of carbonyl (C=O) groups is 1. The monoisotopic (exact) mass is 293 g/mol. The number of hydrogen-bond acceptors (Lipinski definition) is 5. The number of aliphatic hydroxyl groups is 1. The van der Waals surface area contributed by atoms with Crippen LogP contribution < -0.4 is 0 Å². The van der Waals surface area contributed by atoms with Crippen LogP contribution >= 0.6 is 11.8 Å². The first kappa shape index (κ1) is 14.5. The Bertz CT molecular complexity index is 571. The molecule has 2 rings (SSSR count). The summed E-state index contributed by atoms with van der Waals surface area (Å²) >= 11 is 1.13. The molecule has 0 saturated heterocycles. The highest BCUT2D eigenvalue weighted by Gasteiger charge is 2.15. The first-order valence-electron chi connectivity index (χ1n) is 6.17. The quantitative estimate of drug-likeness (QED) is 0.750. The third-order valence-corrected chi connectivity index (χ3v) is 3.51. The van der Waals surface area contributed by atoms with Crippen molar-refractivity contribution in [1.82, 2.24) is 14.8 Å². The van der Waals surface area contributed by atoms with Crippen molar-refractivity contribution in [2.45, 2.75) is 18.0 Å². The summed E-state index contributed by atoms with van der Waals surface area (Å²) in [5.41, 5.74) is 0.887. The van der Waals surface area contributed by atoms with Crippen molar-refractivity contribution in [2.75, 3.05) is 12.4 Å². The van der Waals surface area contributed by atoms with Gasteiger partial charge in [0.15, 0.2) is 5.16 Å². The smallest absolute Gasteiger partial charge is 0.313 e. The second-order valence-corrected chi connectivity index (χ2v) is 5.02. The zero-order valence-corrected chi connectivity index (χ0v) is 11.6. The molecule has 0 bridgehead atoms. The van der Waals surface area contributed by atoms with Crippen molar-refractivity contribution >= 4 is 17.7 Å². The van der Waals surface area contributed by atoms with Crippen LogP contribution in [0.3, 0.4) is 0 Å². The normalized spacial score (nSPS) is 10.7. The predicted octanol–water partition coefficient (Wildman–Crippen LogP) is 1.37. The van der Waals surface area contributed by atoms with Gasteiger partial charge in [-0.15, -0.1) is 10.2 Å². The maximum Gasteiger partial charge on any atom is 0.313 e. The Labute approximate surface area is 120 Å². The van der Waals surface area contributed by atoms with E-state index < -0.39 is 5.97 Å². The number of aryl methyl sites for hydroxylation is 1. The Hall–Kier alpha value is -1.86. The summed E-state index contributed by atoms with van der Waals surface area (Å²) in [7, 11) is 0. The lowest BCUT2D eigenvalue weighted by Gasteiger charge is -2.09. The number of carboxylic acids is 1. The van der Waals surface area contributed by atoms with Gasteiger partial charge >= 0.3 is 5.97 Å². The van der Waals surface area contributed by atoms with Crippen LogP contribution in [0, 0.1) is 0 Å². The molecule has 1 aromatic carbocycles. The molecule has 1 aromatic heterocycles. The molecule has 0 saturated carbocycles. The Morgan fingerprint density at radius 3 is 2.65 bits per heavy atom. The maximum atomic E-state index is 10.7. The third kappa shape index (κ3) is 3.58. The van der Waals surface area contributed by atoms with Crippen molar-refractivity contribution in [3.05, 3.63) is 36.2 Å². The molecule has 2 N–H and O–H groups in total. The second-order valence-electron chi connectivity index (χ2n) is 4.08. The lowest BCUT2D eigenvalue weighted by atomic mass is 10.3. The second kappa shape index (κ2) is 7.06. The number of hydrogen-bond donors (Lipinski definition) is 2. The Morgan fingerprint density at radius 1 is 1.25 bits per heavy atom. The fourth-order valence-corrected chi connectivity index (χ4v) is 2.45. The number of carboxylic acid groups (broad SMARTS) is 1. The number of benzene rings is 1. The van der Waals surface area contributed by atoms with E-state index in [0.717, 1.165) is 23.3 Å². The van der Waals surface area contributed by atoms with Gasteiger partial charge in [0.05, 0.1) is 5.75 Å². The fraction of sp³-hybridized carbons (Fsp3) is 0.308. The molecule has 0 aliphatic carbocycles. The minimum atomic E-state index is -0.894. The molecule has 1 heterocycles. The molecule has 20 heavy (non-hydrogen) atoms. The standard InChI is InChI=1S/C13H15N3O3S/c17-8-4-7-11-14-15-13(20-9-12(18)19)16(11)10-5-2-1-3-6-10/h1-3,5-6,17H,4,7-9H2,(H,18,19). The molecule has 106 valence electrons. The Balaban J connectivity index is 2.32. The van der Waals surface area contributed by atoms with Gasteiger partial charge in [-0.3, -0.25) is 9.36 Å². The average Bonchev–Trinajstić information content (AvgIpc) is 2.86. The number of rotatable bonds is 7. The summed E-state index contributed by atoms with van der Waals surface area (Å²) in [6.07, 6.45) is 1.18. The molecule has 6 nitrogen and oxygen atoms in total. The minimum absolute atomic E-state index is 0.0645. The van der Waals surface area contributed by atoms with E-state index in [0.29, 0.717) is 18.0 Å². The summed E-state index contributed by atoms with van der Waals surface area (Å²) in [6, 6.07) is 9.53. The molecule has 0 fully saturated rings. The highest BCUT2D eigenvalue weighted by molar-refractivity contribution is 7.99. The van der Waals surface area contributed by atoms with Gasteiger partial charge in [-0.1, -0.05) is 30.0 Å². The van der Waals surface area contributed by atoms with Gasteiger partial charge in [-0.2, -0.15) is 0 Å². The highest BCUT2D eigenvalue weighted by atomic mass is 32.2. The van der Waals surface area contributed by atoms with Gasteiger partial charge in [0, 0.05) is 18.7 Å². The maximum absolute atomic E-state index is 10.7. The number of para-hydroxylation sites is 1. The van der Waals surface area contributed by atoms with E-state index >= 15 is 0 Å². The van der Waals surface area contributed by atoms with Crippen LogP contribution in [0.5, 0.6) is 0 Å². The van der Waals surface area contributed by atoms with Crippen molar-refractivity contribution < 1.29 is 15.0 Å². The molecular formula is C13H15N3O3S. The highest BCUT2D eigenvalue weighted by Crippen LogP contribution is 2.22. The molecule has 0 aliphatic heterocycles. The molecule has 0 spiro atoms. The lowest BCUT2D eigenvalue weighted by Crippen LogP contribution is -2.05. The van der Waals surface area contributed by atoms with Crippen LogP contribution in [-0.4, -0.2) is 43.3 Å². The first-order valence-corrected chi connectivity index (χ1v) is 7.16. The minimum Gasteiger partial charge on any atom is -0.481 e. The summed E-state index contributed by atoms with van der Waals surface area (Å²) < 4.78 is 1.84. The van der Waals surface area contributed by atoms with Crippen molar-refractivity contribution in [3.63, 3.8) is 0 Å². The van der Waals surface area contributed by atoms with E-state index in [1.165, 1.54) is 0 Å². The molecule has 0 aliphatic rings. The van der Waals surface area contributed by atoms with E-state index in [2.05, 4.69) is 10.2 Å². The third-order valence-electron chi connectivity index (χ3n) is 2.60. The van der Waals surface area contributed by atoms with Crippen LogP contribution in [-0.2, 0) is 11.2 Å². The van der Waals surface area contributed by atoms with Crippen LogP contribution in [0.25, 0.3) is 5.69 Å². The Kier molecular flexibility index (Phi) is 5.14. The van der Waals surface area contributed by atoms with E-state index in [1.807, 2.05) is 34.9 Å². The van der Waals surface area contributed by atoms with Gasteiger partial charge in [-0.05, 0) is 18.6 Å². The van der Waals surface area contributed by atoms with Crippen molar-refractivity contribution in [1.29, 1.82) is 0 Å². The summed E-state index contributed by atoms with van der Waals surface area (Å²) in [5, 5.41) is 26.4. The van der Waals surface area contributed by atoms with Gasteiger partial charge in [-0.25, -0.2) is 0 Å². The van der Waals surface area contributed by atoms with Crippen LogP contribution in [0.15, 0.2) is 35.5 Å². The summed E-state index contributed by atoms with van der Waals surface area (Å²) in [4.78, 5) is 10.7. The van der Waals surface area contributed by atoms with Gasteiger partial charge < -0.3 is 10.2 Å². The largest absolute Gasteiger partial charge is 0.481 e. The van der Waals surface area contributed by atoms with E-state index in [1.54, 1.807) is 0 Å². The SMILES string of the molecule is O=C(O)CSc1nnc(CCCO)n1-c1ccccc1. The van der Waals surface area contributed by atoms with Crippen LogP contribution in [0.1, 0.15) is 12.2 Å². The molecule has 0 unspecified atom stereocenters. The number of thioether (sulfide) groups is 1. The number of aliphatic carboxylic acids is 1. The number of nitrogens with zero attached hydrogens (tertiary/aromatic N) is 3. The molecule has 7 heteroatoms. The van der Waals surface area contributed by atoms with Gasteiger partial charge in [0.2, 0.25) is 0 Å². The molecular weight excluding hydrogens is 278 g/mol. The summed E-state index contributed by atoms with van der Waals surface area (Å²) in [5.74, 6) is -0.238. The number of aromatic nitrogens is 3. The van der Waals surface area contributed by atoms with Crippen molar-refractivity contribution in [3.8, 4) is 5.69 Å². The molecule has 0 amide bonds. The van der Waals surface area contributed by atoms with Gasteiger partial charge in [0.25, 0.3) is 0 Å². The van der Waals surface area contributed by atoms with Crippen LogP contribution in [0.4, 0.5) is 0 Å². The molecule has 0 atom stereocenters. The molecule has 0 radical (unpaired) electrons. The fourth-order valence-electron chi connectivity index (χ4n) is 1.76. The molecule has 2 aromatic rings. The predicted molar refractivity (Wildman–Crippen MR) is 75.1 cm³/mol. The lowest BCUT2D eigenvalue weighted by molar-refractivity contribution is -0.133. The topological polar surface area (TPSA) is 88.2 Å².